The smallest absolute Gasteiger partial charge is 0.251 e. The molecule has 0 aliphatic heterocycles. The molecule has 2 rings (SSSR count). The lowest BCUT2D eigenvalue weighted by Gasteiger charge is -2.17. The number of rotatable bonds is 6. The number of nitrogens with two attached hydrogens (primary N) is 1. The molecule has 0 radical (unpaired) electrons. The molecule has 0 saturated carbocycles. The molecular weight excluding hydrogens is 311 g/mol. The maximum Gasteiger partial charge on any atom is 0.251 e. The van der Waals surface area contributed by atoms with Gasteiger partial charge in [-0.3, -0.25) is 4.79 Å². The van der Waals surface area contributed by atoms with Crippen LogP contribution in [0.5, 0.6) is 5.75 Å². The standard InChI is InChI=1S/C17H21FN4O2/c1-10-4-6-14(19)16(22-20-2)12(10)9-21-17(23)11-5-7-15(24-3)13(18)8-11/h4-8,20,22H,9,19H2,1-3H3,(H,21,23). The molecule has 0 fully saturated rings. The van der Waals surface area contributed by atoms with Gasteiger partial charge in [0.2, 0.25) is 0 Å². The minimum atomic E-state index is -0.581. The number of amides is 1. The van der Waals surface area contributed by atoms with Crippen molar-refractivity contribution in [2.24, 2.45) is 0 Å². The molecule has 1 amide bonds. The van der Waals surface area contributed by atoms with Gasteiger partial charge in [0, 0.05) is 24.7 Å². The summed E-state index contributed by atoms with van der Waals surface area (Å²) in [5, 5.41) is 2.78. The Balaban J connectivity index is 2.17. The van der Waals surface area contributed by atoms with Crippen molar-refractivity contribution >= 4 is 17.3 Å². The fraction of sp³-hybridized carbons (Fsp3) is 0.235. The van der Waals surface area contributed by atoms with E-state index in [-0.39, 0.29) is 23.8 Å². The summed E-state index contributed by atoms with van der Waals surface area (Å²) in [4.78, 5) is 12.2. The largest absolute Gasteiger partial charge is 0.494 e. The first kappa shape index (κ1) is 17.6. The van der Waals surface area contributed by atoms with Crippen molar-refractivity contribution in [3.63, 3.8) is 0 Å². The summed E-state index contributed by atoms with van der Waals surface area (Å²) in [7, 11) is 3.10. The van der Waals surface area contributed by atoms with Crippen molar-refractivity contribution in [2.75, 3.05) is 25.3 Å². The van der Waals surface area contributed by atoms with Gasteiger partial charge in [-0.25, -0.2) is 9.82 Å². The van der Waals surface area contributed by atoms with Crippen LogP contribution in [0.2, 0.25) is 0 Å². The molecule has 128 valence electrons. The lowest BCUT2D eigenvalue weighted by Crippen LogP contribution is -2.25. The van der Waals surface area contributed by atoms with E-state index in [9.17, 15) is 9.18 Å². The average molecular weight is 332 g/mol. The SMILES string of the molecule is CNNc1c(N)ccc(C)c1CNC(=O)c1ccc(OC)c(F)c1. The number of aryl methyl sites for hydroxylation is 1. The van der Waals surface area contributed by atoms with Crippen LogP contribution in [0.3, 0.4) is 0 Å². The van der Waals surface area contributed by atoms with Crippen molar-refractivity contribution in [3.8, 4) is 5.75 Å². The third kappa shape index (κ3) is 3.75. The number of halogens is 1. The van der Waals surface area contributed by atoms with E-state index in [4.69, 9.17) is 10.5 Å². The lowest BCUT2D eigenvalue weighted by molar-refractivity contribution is 0.0950. The van der Waals surface area contributed by atoms with Crippen LogP contribution in [0.4, 0.5) is 15.8 Å². The summed E-state index contributed by atoms with van der Waals surface area (Å²) in [5.74, 6) is -0.865. The van der Waals surface area contributed by atoms with Crippen molar-refractivity contribution in [1.82, 2.24) is 10.7 Å². The molecule has 0 saturated heterocycles. The van der Waals surface area contributed by atoms with Gasteiger partial charge >= 0.3 is 0 Å². The Morgan fingerprint density at radius 1 is 1.29 bits per heavy atom. The number of hydrogen-bond acceptors (Lipinski definition) is 5. The van der Waals surface area contributed by atoms with E-state index in [1.165, 1.54) is 19.2 Å². The zero-order valence-electron chi connectivity index (χ0n) is 13.9. The predicted octanol–water partition coefficient (Wildman–Crippen LogP) is 2.20. The number of nitrogens with one attached hydrogen (secondary N) is 3. The monoisotopic (exact) mass is 332 g/mol. The molecule has 5 N–H and O–H groups in total. The van der Waals surface area contributed by atoms with Crippen LogP contribution >= 0.6 is 0 Å². The topological polar surface area (TPSA) is 88.4 Å². The number of carbonyl (C=O) groups excluding carboxylic acids is 1. The second-order valence-corrected chi connectivity index (χ2v) is 5.23. The third-order valence-electron chi connectivity index (χ3n) is 3.67. The summed E-state index contributed by atoms with van der Waals surface area (Å²) in [5.41, 5.74) is 15.1. The quantitative estimate of drug-likeness (QED) is 0.481. The first-order valence-corrected chi connectivity index (χ1v) is 7.40. The van der Waals surface area contributed by atoms with Gasteiger partial charge in [-0.05, 0) is 36.8 Å². The molecule has 7 heteroatoms. The number of hydrogen-bond donors (Lipinski definition) is 4. The highest BCUT2D eigenvalue weighted by atomic mass is 19.1. The van der Waals surface area contributed by atoms with Gasteiger partial charge in [0.25, 0.3) is 5.91 Å². The number of benzene rings is 2. The maximum atomic E-state index is 13.7. The Hall–Kier alpha value is -2.80. The van der Waals surface area contributed by atoms with Crippen LogP contribution < -0.4 is 26.6 Å². The number of methoxy groups -OCH3 is 1. The number of anilines is 2. The average Bonchev–Trinajstić information content (AvgIpc) is 2.57. The molecule has 24 heavy (non-hydrogen) atoms. The minimum absolute atomic E-state index is 0.0960. The number of hydrazine groups is 1. The van der Waals surface area contributed by atoms with E-state index in [2.05, 4.69) is 16.2 Å². The van der Waals surface area contributed by atoms with Gasteiger partial charge in [-0.15, -0.1) is 0 Å². The van der Waals surface area contributed by atoms with Gasteiger partial charge in [0.1, 0.15) is 0 Å². The molecule has 2 aromatic carbocycles. The molecule has 0 spiro atoms. The van der Waals surface area contributed by atoms with E-state index >= 15 is 0 Å². The van der Waals surface area contributed by atoms with Crippen molar-refractivity contribution in [2.45, 2.75) is 13.5 Å². The molecule has 0 aliphatic rings. The van der Waals surface area contributed by atoms with Crippen LogP contribution in [0.1, 0.15) is 21.5 Å². The second-order valence-electron chi connectivity index (χ2n) is 5.23. The van der Waals surface area contributed by atoms with Gasteiger partial charge in [0.15, 0.2) is 11.6 Å². The Kier molecular flexibility index (Phi) is 5.59. The lowest BCUT2D eigenvalue weighted by atomic mass is 10.0. The zero-order chi connectivity index (χ0) is 17.7. The predicted molar refractivity (Wildman–Crippen MR) is 92.4 cm³/mol. The molecule has 2 aromatic rings. The zero-order valence-corrected chi connectivity index (χ0v) is 13.9. The van der Waals surface area contributed by atoms with Crippen molar-refractivity contribution in [3.05, 3.63) is 52.8 Å². The van der Waals surface area contributed by atoms with Crippen LogP contribution in [0.15, 0.2) is 30.3 Å². The molecule has 0 aliphatic carbocycles. The van der Waals surface area contributed by atoms with Gasteiger partial charge < -0.3 is 21.2 Å². The first-order valence-electron chi connectivity index (χ1n) is 7.40. The van der Waals surface area contributed by atoms with E-state index in [1.807, 2.05) is 13.0 Å². The summed E-state index contributed by atoms with van der Waals surface area (Å²) in [6, 6.07) is 7.75. The number of nitrogen functional groups attached to an aromatic ring is 1. The Morgan fingerprint density at radius 2 is 2.04 bits per heavy atom. The molecule has 0 aromatic heterocycles. The van der Waals surface area contributed by atoms with Crippen molar-refractivity contribution in [1.29, 1.82) is 0 Å². The molecule has 6 nitrogen and oxygen atoms in total. The molecule has 0 unspecified atom stereocenters. The summed E-state index contributed by atoms with van der Waals surface area (Å²) in [6.07, 6.45) is 0. The van der Waals surface area contributed by atoms with Crippen LogP contribution in [-0.4, -0.2) is 20.1 Å². The Labute approximate surface area is 140 Å². The first-order chi connectivity index (χ1) is 11.5. The van der Waals surface area contributed by atoms with E-state index in [0.29, 0.717) is 11.4 Å². The molecule has 0 heterocycles. The molecule has 0 bridgehead atoms. The molecule has 0 atom stereocenters. The number of ether oxygens (including phenoxy) is 1. The van der Waals surface area contributed by atoms with E-state index in [1.54, 1.807) is 13.1 Å². The highest BCUT2D eigenvalue weighted by Crippen LogP contribution is 2.26. The molecular formula is C17H21FN4O2. The highest BCUT2D eigenvalue weighted by Gasteiger charge is 2.13. The van der Waals surface area contributed by atoms with Crippen molar-refractivity contribution < 1.29 is 13.9 Å². The van der Waals surface area contributed by atoms with E-state index < -0.39 is 5.82 Å². The van der Waals surface area contributed by atoms with Gasteiger partial charge in [0.05, 0.1) is 18.5 Å². The highest BCUT2D eigenvalue weighted by molar-refractivity contribution is 5.94. The normalized spacial score (nSPS) is 10.3. The maximum absolute atomic E-state index is 13.7. The number of carbonyl (C=O) groups is 1. The van der Waals surface area contributed by atoms with Gasteiger partial charge in [-0.1, -0.05) is 6.07 Å². The summed E-state index contributed by atoms with van der Waals surface area (Å²) in [6.45, 7) is 2.18. The fourth-order valence-corrected chi connectivity index (χ4v) is 2.35. The second kappa shape index (κ2) is 7.65. The summed E-state index contributed by atoms with van der Waals surface area (Å²) < 4.78 is 18.6. The summed E-state index contributed by atoms with van der Waals surface area (Å²) >= 11 is 0. The fourth-order valence-electron chi connectivity index (χ4n) is 2.35. The van der Waals surface area contributed by atoms with E-state index in [0.717, 1.165) is 17.2 Å². The Bertz CT molecular complexity index is 750. The Morgan fingerprint density at radius 3 is 2.67 bits per heavy atom. The van der Waals surface area contributed by atoms with Crippen LogP contribution in [0, 0.1) is 12.7 Å². The van der Waals surface area contributed by atoms with Crippen LogP contribution in [-0.2, 0) is 6.54 Å². The van der Waals surface area contributed by atoms with Crippen LogP contribution in [0.25, 0.3) is 0 Å². The third-order valence-corrected chi connectivity index (χ3v) is 3.67. The minimum Gasteiger partial charge on any atom is -0.494 e. The van der Waals surface area contributed by atoms with Gasteiger partial charge in [-0.2, -0.15) is 0 Å².